The molecule has 1 aliphatic rings. The van der Waals surface area contributed by atoms with E-state index in [2.05, 4.69) is 0 Å². The molecule has 0 amide bonds. The molecule has 0 aliphatic carbocycles. The molecular weight excluding hydrogens is 212 g/mol. The van der Waals surface area contributed by atoms with Crippen LogP contribution in [0.4, 0.5) is 0 Å². The first-order chi connectivity index (χ1) is 7.58. The number of rotatable bonds is 3. The number of Topliss-reactive ketones (excluding diaryl/α,β-unsaturated/α-hetero) is 1. The summed E-state index contributed by atoms with van der Waals surface area (Å²) in [6.45, 7) is 1.47. The second-order valence-electron chi connectivity index (χ2n) is 3.47. The number of hydrogen-bond acceptors (Lipinski definition) is 4. The predicted octanol–water partition coefficient (Wildman–Crippen LogP) is 1.11. The van der Waals surface area contributed by atoms with Crippen LogP contribution in [0.5, 0.6) is 11.5 Å². The monoisotopic (exact) mass is 222 g/mol. The molecule has 2 rings (SSSR count). The van der Waals surface area contributed by atoms with Crippen LogP contribution < -0.4 is 9.47 Å². The minimum Gasteiger partial charge on any atom is -0.485 e. The molecule has 0 bridgehead atoms. The van der Waals surface area contributed by atoms with Gasteiger partial charge in [0.15, 0.2) is 12.7 Å². The highest BCUT2D eigenvalue weighted by Gasteiger charge is 2.22. The topological polar surface area (TPSA) is 72.8 Å². The van der Waals surface area contributed by atoms with Crippen molar-refractivity contribution in [2.75, 3.05) is 6.61 Å². The molecule has 0 aromatic heterocycles. The van der Waals surface area contributed by atoms with Crippen LogP contribution in [0.25, 0.3) is 0 Å². The Balaban J connectivity index is 2.19. The van der Waals surface area contributed by atoms with E-state index in [1.165, 1.54) is 13.0 Å². The Kier molecular flexibility index (Phi) is 2.52. The lowest BCUT2D eigenvalue weighted by Gasteiger charge is -2.10. The van der Waals surface area contributed by atoms with Crippen LogP contribution in [0.3, 0.4) is 0 Å². The minimum absolute atomic E-state index is 0.0350. The number of benzene rings is 1. The maximum Gasteiger partial charge on any atom is 0.344 e. The molecular formula is C11H10O5. The van der Waals surface area contributed by atoms with Crippen LogP contribution in [-0.4, -0.2) is 29.6 Å². The number of fused-ring (bicyclic) bond motifs is 1. The van der Waals surface area contributed by atoms with Gasteiger partial charge in [0.05, 0.1) is 5.56 Å². The third-order valence-corrected chi connectivity index (χ3v) is 2.27. The van der Waals surface area contributed by atoms with Gasteiger partial charge in [-0.15, -0.1) is 0 Å². The van der Waals surface area contributed by atoms with Crippen molar-refractivity contribution >= 4 is 11.8 Å². The Morgan fingerprint density at radius 2 is 2.31 bits per heavy atom. The smallest absolute Gasteiger partial charge is 0.344 e. The maximum absolute atomic E-state index is 11.2. The minimum atomic E-state index is -1.04. The average Bonchev–Trinajstić information content (AvgIpc) is 2.60. The van der Waals surface area contributed by atoms with Gasteiger partial charge in [0.2, 0.25) is 5.78 Å². The van der Waals surface area contributed by atoms with Gasteiger partial charge in [-0.2, -0.15) is 0 Å². The lowest BCUT2D eigenvalue weighted by molar-refractivity contribution is -0.144. The van der Waals surface area contributed by atoms with E-state index in [0.29, 0.717) is 17.1 Å². The normalized spacial score (nSPS) is 15.2. The quantitative estimate of drug-likeness (QED) is 0.829. The number of carbonyl (C=O) groups excluding carboxylic acids is 1. The third kappa shape index (κ3) is 1.84. The van der Waals surface area contributed by atoms with Crippen molar-refractivity contribution in [3.8, 4) is 11.5 Å². The zero-order valence-electron chi connectivity index (χ0n) is 8.60. The highest BCUT2D eigenvalue weighted by molar-refractivity contribution is 6.02. The lowest BCUT2D eigenvalue weighted by atomic mass is 10.1. The van der Waals surface area contributed by atoms with E-state index in [9.17, 15) is 9.59 Å². The van der Waals surface area contributed by atoms with E-state index in [4.69, 9.17) is 14.6 Å². The van der Waals surface area contributed by atoms with Crippen molar-refractivity contribution in [2.24, 2.45) is 0 Å². The van der Waals surface area contributed by atoms with Crippen LogP contribution in [0.1, 0.15) is 17.3 Å². The number of carboxylic acid groups (broad SMARTS) is 1. The van der Waals surface area contributed by atoms with E-state index in [0.717, 1.165) is 0 Å². The maximum atomic E-state index is 11.2. The average molecular weight is 222 g/mol. The number of carboxylic acids is 1. The van der Waals surface area contributed by atoms with Gasteiger partial charge in [0.1, 0.15) is 11.5 Å². The summed E-state index contributed by atoms with van der Waals surface area (Å²) < 4.78 is 10.3. The molecule has 1 aromatic rings. The summed E-state index contributed by atoms with van der Waals surface area (Å²) in [7, 11) is 0. The molecule has 0 saturated carbocycles. The molecule has 1 aromatic carbocycles. The largest absolute Gasteiger partial charge is 0.485 e. The van der Waals surface area contributed by atoms with E-state index >= 15 is 0 Å². The number of ketones is 1. The van der Waals surface area contributed by atoms with Crippen molar-refractivity contribution in [1.29, 1.82) is 0 Å². The van der Waals surface area contributed by atoms with Crippen LogP contribution in [0.15, 0.2) is 18.2 Å². The molecule has 0 unspecified atom stereocenters. The Hall–Kier alpha value is -2.04. The Bertz CT molecular complexity index is 452. The van der Waals surface area contributed by atoms with Gasteiger partial charge in [0.25, 0.3) is 0 Å². The zero-order chi connectivity index (χ0) is 11.7. The van der Waals surface area contributed by atoms with Gasteiger partial charge in [-0.1, -0.05) is 0 Å². The lowest BCUT2D eigenvalue weighted by Crippen LogP contribution is -2.22. The summed E-state index contributed by atoms with van der Waals surface area (Å²) in [6.07, 6.45) is -0.935. The molecule has 0 spiro atoms. The second kappa shape index (κ2) is 3.84. The molecule has 1 aliphatic heterocycles. The van der Waals surface area contributed by atoms with Crippen molar-refractivity contribution in [3.05, 3.63) is 23.8 Å². The summed E-state index contributed by atoms with van der Waals surface area (Å²) in [5.74, 6) is -0.297. The Morgan fingerprint density at radius 1 is 1.56 bits per heavy atom. The third-order valence-electron chi connectivity index (χ3n) is 2.27. The molecule has 1 atom stereocenters. The van der Waals surface area contributed by atoms with Crippen molar-refractivity contribution in [1.82, 2.24) is 0 Å². The molecule has 16 heavy (non-hydrogen) atoms. The van der Waals surface area contributed by atoms with Crippen LogP contribution in [0.2, 0.25) is 0 Å². The van der Waals surface area contributed by atoms with Crippen LogP contribution in [-0.2, 0) is 4.79 Å². The standard InChI is InChI=1S/C11H10O5/c1-6(11(13)14)16-7-2-3-8-9(12)5-15-10(8)4-7/h2-4,6H,5H2,1H3,(H,13,14)/t6-/m0/s1. The summed E-state index contributed by atoms with van der Waals surface area (Å²) in [5.41, 5.74) is 0.510. The number of ether oxygens (including phenoxy) is 2. The van der Waals surface area contributed by atoms with E-state index < -0.39 is 12.1 Å². The SMILES string of the molecule is C[C@H](Oc1ccc2c(c1)OCC2=O)C(=O)O. The van der Waals surface area contributed by atoms with Gasteiger partial charge >= 0.3 is 5.97 Å². The fourth-order valence-electron chi connectivity index (χ4n) is 1.40. The summed E-state index contributed by atoms with van der Waals surface area (Å²) in [5, 5.41) is 8.67. The first-order valence-corrected chi connectivity index (χ1v) is 4.77. The Morgan fingerprint density at radius 3 is 3.00 bits per heavy atom. The van der Waals surface area contributed by atoms with Gasteiger partial charge in [-0.05, 0) is 19.1 Å². The number of aliphatic carboxylic acids is 1. The summed E-state index contributed by atoms with van der Waals surface area (Å²) >= 11 is 0. The first kappa shape index (κ1) is 10.5. The molecule has 0 radical (unpaired) electrons. The molecule has 5 nitrogen and oxygen atoms in total. The molecule has 5 heteroatoms. The summed E-state index contributed by atoms with van der Waals surface area (Å²) in [4.78, 5) is 21.8. The van der Waals surface area contributed by atoms with Gasteiger partial charge in [-0.25, -0.2) is 4.79 Å². The molecule has 84 valence electrons. The zero-order valence-corrected chi connectivity index (χ0v) is 8.60. The molecule has 1 heterocycles. The fourth-order valence-corrected chi connectivity index (χ4v) is 1.40. The van der Waals surface area contributed by atoms with Gasteiger partial charge < -0.3 is 14.6 Å². The highest BCUT2D eigenvalue weighted by Crippen LogP contribution is 2.29. The van der Waals surface area contributed by atoms with Crippen LogP contribution in [0, 0.1) is 0 Å². The van der Waals surface area contributed by atoms with Crippen molar-refractivity contribution in [3.63, 3.8) is 0 Å². The number of carbonyl (C=O) groups is 2. The Labute approximate surface area is 91.6 Å². The van der Waals surface area contributed by atoms with Crippen molar-refractivity contribution in [2.45, 2.75) is 13.0 Å². The van der Waals surface area contributed by atoms with E-state index in [1.807, 2.05) is 0 Å². The van der Waals surface area contributed by atoms with Gasteiger partial charge in [0, 0.05) is 6.07 Å². The first-order valence-electron chi connectivity index (χ1n) is 4.77. The molecule has 0 saturated heterocycles. The van der Waals surface area contributed by atoms with E-state index in [1.54, 1.807) is 12.1 Å². The predicted molar refractivity (Wildman–Crippen MR) is 54.0 cm³/mol. The summed E-state index contributed by atoms with van der Waals surface area (Å²) in [6, 6.07) is 4.67. The fraction of sp³-hybridized carbons (Fsp3) is 0.273. The number of hydrogen-bond donors (Lipinski definition) is 1. The van der Waals surface area contributed by atoms with Crippen molar-refractivity contribution < 1.29 is 24.2 Å². The highest BCUT2D eigenvalue weighted by atomic mass is 16.5. The molecule has 0 fully saturated rings. The molecule has 1 N–H and O–H groups in total. The van der Waals surface area contributed by atoms with Crippen LogP contribution >= 0.6 is 0 Å². The second-order valence-corrected chi connectivity index (χ2v) is 3.47. The van der Waals surface area contributed by atoms with Gasteiger partial charge in [-0.3, -0.25) is 4.79 Å². The van der Waals surface area contributed by atoms with E-state index in [-0.39, 0.29) is 12.4 Å².